The molecule has 1 aliphatic rings. The third-order valence-corrected chi connectivity index (χ3v) is 3.89. The molecule has 1 aliphatic heterocycles. The zero-order chi connectivity index (χ0) is 14.2. The molecule has 5 heteroatoms. The maximum atomic E-state index is 13.6. The van der Waals surface area contributed by atoms with Crippen LogP contribution in [0.1, 0.15) is 30.6 Å². The van der Waals surface area contributed by atoms with Gasteiger partial charge in [-0.05, 0) is 30.0 Å². The zero-order valence-corrected chi connectivity index (χ0v) is 11.1. The second kappa shape index (κ2) is 4.89. The van der Waals surface area contributed by atoms with Crippen LogP contribution in [0, 0.1) is 17.0 Å². The van der Waals surface area contributed by atoms with E-state index >= 15 is 0 Å². The van der Waals surface area contributed by atoms with Gasteiger partial charge in [-0.1, -0.05) is 13.8 Å². The molecule has 1 atom stereocenters. The molecule has 1 unspecified atom stereocenters. The molecule has 1 aromatic rings. The largest absolute Gasteiger partial charge is 0.337 e. The highest BCUT2D eigenvalue weighted by molar-refractivity contribution is 5.94. The van der Waals surface area contributed by atoms with E-state index in [1.807, 2.05) is 13.8 Å². The summed E-state index contributed by atoms with van der Waals surface area (Å²) in [4.78, 5) is 13.7. The summed E-state index contributed by atoms with van der Waals surface area (Å²) in [6.07, 6.45) is 0.747. The number of rotatable bonds is 1. The number of hydrogen-bond donors (Lipinski definition) is 1. The molecule has 0 aliphatic carbocycles. The van der Waals surface area contributed by atoms with Crippen molar-refractivity contribution in [3.05, 3.63) is 35.4 Å². The third kappa shape index (κ3) is 2.76. The zero-order valence-electron chi connectivity index (χ0n) is 11.1. The number of nitrogens with two attached hydrogens (primary N) is 1. The van der Waals surface area contributed by atoms with Crippen LogP contribution in [0.15, 0.2) is 18.2 Å². The van der Waals surface area contributed by atoms with Gasteiger partial charge in [-0.2, -0.15) is 0 Å². The molecule has 0 spiro atoms. The molecule has 1 heterocycles. The first kappa shape index (κ1) is 13.9. The van der Waals surface area contributed by atoms with Gasteiger partial charge in [0.15, 0.2) is 0 Å². The number of piperidine rings is 1. The van der Waals surface area contributed by atoms with Crippen molar-refractivity contribution in [1.29, 1.82) is 0 Å². The predicted molar refractivity (Wildman–Crippen MR) is 68.6 cm³/mol. The van der Waals surface area contributed by atoms with Crippen LogP contribution in [-0.4, -0.2) is 29.9 Å². The summed E-state index contributed by atoms with van der Waals surface area (Å²) in [6.45, 7) is 4.96. The molecule has 2 N–H and O–H groups in total. The molecule has 1 fully saturated rings. The number of carbonyl (C=O) groups excluding carboxylic acids is 1. The van der Waals surface area contributed by atoms with Gasteiger partial charge in [-0.25, -0.2) is 8.78 Å². The maximum Gasteiger partial charge on any atom is 0.256 e. The summed E-state index contributed by atoms with van der Waals surface area (Å²) in [5, 5.41) is 0. The Hall–Kier alpha value is -1.49. The van der Waals surface area contributed by atoms with E-state index < -0.39 is 17.5 Å². The first-order valence-corrected chi connectivity index (χ1v) is 6.31. The normalized spacial score (nSPS) is 22.4. The van der Waals surface area contributed by atoms with Gasteiger partial charge in [-0.15, -0.1) is 0 Å². The molecule has 1 amide bonds. The van der Waals surface area contributed by atoms with E-state index in [9.17, 15) is 13.6 Å². The Morgan fingerprint density at radius 2 is 2.11 bits per heavy atom. The van der Waals surface area contributed by atoms with Crippen molar-refractivity contribution >= 4 is 5.91 Å². The first-order chi connectivity index (χ1) is 8.81. The van der Waals surface area contributed by atoms with Gasteiger partial charge in [-0.3, -0.25) is 4.79 Å². The second-order valence-corrected chi connectivity index (χ2v) is 5.72. The highest BCUT2D eigenvalue weighted by atomic mass is 19.1. The molecule has 2 rings (SSSR count). The van der Waals surface area contributed by atoms with Crippen molar-refractivity contribution in [2.75, 3.05) is 13.1 Å². The fraction of sp³-hybridized carbons (Fsp3) is 0.500. The number of nitrogens with zero attached hydrogens (tertiary/aromatic N) is 1. The minimum atomic E-state index is -0.704. The molecule has 1 aromatic carbocycles. The smallest absolute Gasteiger partial charge is 0.256 e. The van der Waals surface area contributed by atoms with Gasteiger partial charge >= 0.3 is 0 Å². The molecule has 0 aromatic heterocycles. The Morgan fingerprint density at radius 3 is 2.74 bits per heavy atom. The summed E-state index contributed by atoms with van der Waals surface area (Å²) >= 11 is 0. The van der Waals surface area contributed by atoms with E-state index in [2.05, 4.69) is 0 Å². The van der Waals surface area contributed by atoms with Gasteiger partial charge < -0.3 is 10.6 Å². The second-order valence-electron chi connectivity index (χ2n) is 5.72. The summed E-state index contributed by atoms with van der Waals surface area (Å²) in [5.74, 6) is -1.82. The van der Waals surface area contributed by atoms with Crippen LogP contribution in [0.5, 0.6) is 0 Å². The van der Waals surface area contributed by atoms with Gasteiger partial charge in [0.1, 0.15) is 11.6 Å². The standard InChI is InChI=1S/C14H18F2N2O/c1-14(2)5-6-18(8-12(14)17)13(19)10-7-9(15)3-4-11(10)16/h3-4,7,12H,5-6,8,17H2,1-2H3. The average Bonchev–Trinajstić information content (AvgIpc) is 2.35. The SMILES string of the molecule is CC1(C)CCN(C(=O)c2cc(F)ccc2F)CC1N. The minimum absolute atomic E-state index is 0.0444. The fourth-order valence-electron chi connectivity index (χ4n) is 2.20. The van der Waals surface area contributed by atoms with Crippen molar-refractivity contribution in [2.24, 2.45) is 11.1 Å². The Morgan fingerprint density at radius 1 is 1.42 bits per heavy atom. The molecule has 3 nitrogen and oxygen atoms in total. The lowest BCUT2D eigenvalue weighted by atomic mass is 9.78. The highest BCUT2D eigenvalue weighted by Crippen LogP contribution is 2.29. The van der Waals surface area contributed by atoms with E-state index in [0.717, 1.165) is 24.6 Å². The number of halogens is 2. The molecule has 1 saturated heterocycles. The number of likely N-dealkylation sites (tertiary alicyclic amines) is 1. The topological polar surface area (TPSA) is 46.3 Å². The van der Waals surface area contributed by atoms with Crippen LogP contribution in [-0.2, 0) is 0 Å². The molecular weight excluding hydrogens is 250 g/mol. The first-order valence-electron chi connectivity index (χ1n) is 6.31. The van der Waals surface area contributed by atoms with Crippen LogP contribution in [0.4, 0.5) is 8.78 Å². The van der Waals surface area contributed by atoms with E-state index in [1.165, 1.54) is 4.90 Å². The van der Waals surface area contributed by atoms with Gasteiger partial charge in [0.2, 0.25) is 0 Å². The maximum absolute atomic E-state index is 13.6. The number of amides is 1. The molecular formula is C14H18F2N2O. The van der Waals surface area contributed by atoms with Gasteiger partial charge in [0.25, 0.3) is 5.91 Å². The molecule has 0 radical (unpaired) electrons. The summed E-state index contributed by atoms with van der Waals surface area (Å²) < 4.78 is 26.7. The third-order valence-electron chi connectivity index (χ3n) is 3.89. The van der Waals surface area contributed by atoms with E-state index in [-0.39, 0.29) is 17.0 Å². The Balaban J connectivity index is 2.19. The monoisotopic (exact) mass is 268 g/mol. The summed E-state index contributed by atoms with van der Waals surface area (Å²) in [7, 11) is 0. The fourth-order valence-corrected chi connectivity index (χ4v) is 2.20. The Kier molecular flexibility index (Phi) is 3.58. The van der Waals surface area contributed by atoms with Gasteiger partial charge in [0, 0.05) is 19.1 Å². The number of benzene rings is 1. The van der Waals surface area contributed by atoms with Crippen LogP contribution < -0.4 is 5.73 Å². The molecule has 0 bridgehead atoms. The van der Waals surface area contributed by atoms with Crippen LogP contribution in [0.3, 0.4) is 0 Å². The Bertz CT molecular complexity index is 502. The quantitative estimate of drug-likeness (QED) is 0.848. The van der Waals surface area contributed by atoms with Crippen molar-refractivity contribution in [3.63, 3.8) is 0 Å². The number of carbonyl (C=O) groups is 1. The van der Waals surface area contributed by atoms with Crippen molar-refractivity contribution < 1.29 is 13.6 Å². The lowest BCUT2D eigenvalue weighted by Gasteiger charge is -2.42. The van der Waals surface area contributed by atoms with Crippen molar-refractivity contribution in [2.45, 2.75) is 26.3 Å². The Labute approximate surface area is 111 Å². The van der Waals surface area contributed by atoms with Crippen LogP contribution in [0.25, 0.3) is 0 Å². The number of hydrogen-bond acceptors (Lipinski definition) is 2. The van der Waals surface area contributed by atoms with Gasteiger partial charge in [0.05, 0.1) is 5.56 Å². The molecule has 19 heavy (non-hydrogen) atoms. The van der Waals surface area contributed by atoms with Crippen LogP contribution in [0.2, 0.25) is 0 Å². The minimum Gasteiger partial charge on any atom is -0.337 e. The average molecular weight is 268 g/mol. The van der Waals surface area contributed by atoms with E-state index in [4.69, 9.17) is 5.73 Å². The van der Waals surface area contributed by atoms with Crippen molar-refractivity contribution in [1.82, 2.24) is 4.90 Å². The molecule has 104 valence electrons. The molecule has 0 saturated carbocycles. The lowest BCUT2D eigenvalue weighted by molar-refractivity contribution is 0.0570. The van der Waals surface area contributed by atoms with E-state index in [0.29, 0.717) is 13.1 Å². The van der Waals surface area contributed by atoms with Crippen molar-refractivity contribution in [3.8, 4) is 0 Å². The predicted octanol–water partition coefficient (Wildman–Crippen LogP) is 2.16. The summed E-state index contributed by atoms with van der Waals surface area (Å²) in [5.41, 5.74) is 5.75. The van der Waals surface area contributed by atoms with Crippen LogP contribution >= 0.6 is 0 Å². The lowest BCUT2D eigenvalue weighted by Crippen LogP contribution is -2.54. The highest BCUT2D eigenvalue weighted by Gasteiger charge is 2.35. The van der Waals surface area contributed by atoms with E-state index in [1.54, 1.807) is 0 Å². The summed E-state index contributed by atoms with van der Waals surface area (Å²) in [6, 6.07) is 2.73.